The number of ketones is 1. The highest BCUT2D eigenvalue weighted by molar-refractivity contribution is 6.26. The number of aryl methyl sites for hydroxylation is 1. The van der Waals surface area contributed by atoms with Gasteiger partial charge in [0.05, 0.1) is 28.5 Å². The number of nitrogens with zero attached hydrogens (tertiary/aromatic N) is 3. The largest absolute Gasteiger partial charge is 0.352 e. The first kappa shape index (κ1) is 21.9. The maximum atomic E-state index is 14.0. The minimum absolute atomic E-state index is 0.186. The molecule has 8 heteroatoms. The number of nitro benzene ring substituents is 1. The molecule has 4 atom stereocenters. The number of carbonyl (C=O) groups excluding carboxylic acids is 3. The summed E-state index contributed by atoms with van der Waals surface area (Å²) in [5, 5.41) is 11.4. The first-order valence-electron chi connectivity index (χ1n) is 11.7. The summed E-state index contributed by atoms with van der Waals surface area (Å²) in [6, 6.07) is 19.1. The van der Waals surface area contributed by atoms with Gasteiger partial charge < -0.3 is 4.90 Å². The molecule has 2 saturated heterocycles. The van der Waals surface area contributed by atoms with Crippen molar-refractivity contribution in [3.63, 3.8) is 0 Å². The minimum atomic E-state index is -0.926. The van der Waals surface area contributed by atoms with Crippen molar-refractivity contribution in [3.05, 3.63) is 106 Å². The molecular formula is C28H21N3O5. The average Bonchev–Trinajstić information content (AvgIpc) is 3.37. The second-order valence-electron chi connectivity index (χ2n) is 9.28. The Morgan fingerprint density at radius 1 is 0.889 bits per heavy atom. The van der Waals surface area contributed by atoms with Gasteiger partial charge in [0.15, 0.2) is 5.78 Å². The second-order valence-corrected chi connectivity index (χ2v) is 9.28. The number of amides is 2. The first-order valence-corrected chi connectivity index (χ1v) is 11.7. The summed E-state index contributed by atoms with van der Waals surface area (Å²) in [5.41, 5.74) is 2.71. The molecule has 6 rings (SSSR count). The highest BCUT2D eigenvalue weighted by Crippen LogP contribution is 2.50. The number of imide groups is 1. The van der Waals surface area contributed by atoms with Gasteiger partial charge in [0, 0.05) is 23.4 Å². The molecule has 0 radical (unpaired) electrons. The summed E-state index contributed by atoms with van der Waals surface area (Å²) >= 11 is 0. The number of nitro groups is 1. The molecule has 0 spiro atoms. The van der Waals surface area contributed by atoms with Crippen LogP contribution in [0.15, 0.2) is 78.9 Å². The predicted octanol–water partition coefficient (Wildman–Crippen LogP) is 4.18. The van der Waals surface area contributed by atoms with Crippen molar-refractivity contribution >= 4 is 40.7 Å². The third-order valence-electron chi connectivity index (χ3n) is 7.39. The Bertz CT molecular complexity index is 1480. The third kappa shape index (κ3) is 3.04. The third-order valence-corrected chi connectivity index (χ3v) is 7.39. The number of benzene rings is 3. The van der Waals surface area contributed by atoms with Crippen molar-refractivity contribution in [2.75, 3.05) is 9.80 Å². The van der Waals surface area contributed by atoms with E-state index in [0.717, 1.165) is 16.2 Å². The molecule has 178 valence electrons. The van der Waals surface area contributed by atoms with Crippen LogP contribution in [-0.4, -0.2) is 34.6 Å². The number of carbonyl (C=O) groups is 3. The molecule has 2 amide bonds. The monoisotopic (exact) mass is 479 g/mol. The molecule has 3 aromatic carbocycles. The Labute approximate surface area is 206 Å². The SMILES string of the molecule is Cc1ccc([N+](=O)[O-])cc1N1C(=O)[C@@H]2[C@@H](C1=O)[C@@H]1C=Cc3ccccc3N1[C@@H]2C(=O)c1ccccc1. The molecule has 3 aliphatic rings. The molecule has 0 aliphatic carbocycles. The zero-order valence-electron chi connectivity index (χ0n) is 19.3. The average molecular weight is 479 g/mol. The Kier molecular flexibility index (Phi) is 4.86. The summed E-state index contributed by atoms with van der Waals surface area (Å²) in [7, 11) is 0. The zero-order valence-corrected chi connectivity index (χ0v) is 19.3. The fraction of sp³-hybridized carbons (Fsp3) is 0.179. The molecule has 3 aromatic rings. The van der Waals surface area contributed by atoms with Crippen molar-refractivity contribution < 1.29 is 19.3 Å². The highest BCUT2D eigenvalue weighted by Gasteiger charge is 2.64. The Morgan fingerprint density at radius 3 is 2.33 bits per heavy atom. The van der Waals surface area contributed by atoms with Crippen LogP contribution < -0.4 is 9.80 Å². The molecule has 0 unspecified atom stereocenters. The van der Waals surface area contributed by atoms with E-state index >= 15 is 0 Å². The number of hydrogen-bond donors (Lipinski definition) is 0. The van der Waals surface area contributed by atoms with E-state index in [1.807, 2.05) is 47.4 Å². The standard InChI is InChI=1S/C28H21N3O5/c1-16-11-13-19(31(35)36)15-22(16)30-27(33)23-21-14-12-17-7-5-6-10-20(17)29(21)25(24(23)28(30)34)26(32)18-8-3-2-4-9-18/h2-15,21,23-25H,1H3/t21-,23-,24+,25-/m0/s1. The van der Waals surface area contributed by atoms with Crippen LogP contribution in [0.3, 0.4) is 0 Å². The van der Waals surface area contributed by atoms with Crippen LogP contribution in [0.5, 0.6) is 0 Å². The zero-order chi connectivity index (χ0) is 25.1. The van der Waals surface area contributed by atoms with Crippen molar-refractivity contribution in [2.45, 2.75) is 19.0 Å². The van der Waals surface area contributed by atoms with E-state index in [4.69, 9.17) is 0 Å². The van der Waals surface area contributed by atoms with Crippen LogP contribution in [0.1, 0.15) is 21.5 Å². The van der Waals surface area contributed by atoms with Gasteiger partial charge >= 0.3 is 0 Å². The van der Waals surface area contributed by atoms with Gasteiger partial charge in [-0.05, 0) is 24.1 Å². The molecule has 8 nitrogen and oxygen atoms in total. The second kappa shape index (κ2) is 7.98. The normalized spacial score (nSPS) is 23.9. The fourth-order valence-electron chi connectivity index (χ4n) is 5.78. The van der Waals surface area contributed by atoms with Gasteiger partial charge in [-0.1, -0.05) is 66.7 Å². The lowest BCUT2D eigenvalue weighted by Crippen LogP contribution is -2.49. The van der Waals surface area contributed by atoms with Gasteiger partial charge in [0.1, 0.15) is 6.04 Å². The maximum Gasteiger partial charge on any atom is 0.271 e. The van der Waals surface area contributed by atoms with Crippen LogP contribution in [0.4, 0.5) is 17.1 Å². The number of anilines is 2. The molecule has 0 bridgehead atoms. The predicted molar refractivity (Wildman–Crippen MR) is 134 cm³/mol. The fourth-order valence-corrected chi connectivity index (χ4v) is 5.78. The molecule has 36 heavy (non-hydrogen) atoms. The first-order chi connectivity index (χ1) is 17.4. The molecule has 0 saturated carbocycles. The maximum absolute atomic E-state index is 14.0. The number of hydrogen-bond acceptors (Lipinski definition) is 6. The van der Waals surface area contributed by atoms with Gasteiger partial charge in [0.25, 0.3) is 5.69 Å². The van der Waals surface area contributed by atoms with Crippen LogP contribution in [0, 0.1) is 28.9 Å². The molecule has 0 aromatic heterocycles. The van der Waals surface area contributed by atoms with Crippen molar-refractivity contribution in [3.8, 4) is 0 Å². The lowest BCUT2D eigenvalue weighted by atomic mass is 9.86. The Balaban J connectivity index is 1.50. The van der Waals surface area contributed by atoms with E-state index in [0.29, 0.717) is 11.1 Å². The summed E-state index contributed by atoms with van der Waals surface area (Å²) in [6.45, 7) is 1.70. The van der Waals surface area contributed by atoms with E-state index in [1.54, 1.807) is 31.2 Å². The summed E-state index contributed by atoms with van der Waals surface area (Å²) < 4.78 is 0. The van der Waals surface area contributed by atoms with E-state index in [9.17, 15) is 24.5 Å². The quantitative estimate of drug-likeness (QED) is 0.241. The Hall–Kier alpha value is -4.59. The number of rotatable bonds is 4. The van der Waals surface area contributed by atoms with Crippen molar-refractivity contribution in [1.29, 1.82) is 0 Å². The van der Waals surface area contributed by atoms with Crippen LogP contribution >= 0.6 is 0 Å². The van der Waals surface area contributed by atoms with Crippen molar-refractivity contribution in [1.82, 2.24) is 0 Å². The highest BCUT2D eigenvalue weighted by atomic mass is 16.6. The van der Waals surface area contributed by atoms with Gasteiger partial charge in [-0.2, -0.15) is 0 Å². The Morgan fingerprint density at radius 2 is 1.58 bits per heavy atom. The van der Waals surface area contributed by atoms with Gasteiger partial charge in [-0.15, -0.1) is 0 Å². The smallest absolute Gasteiger partial charge is 0.271 e. The van der Waals surface area contributed by atoms with E-state index in [1.165, 1.54) is 18.2 Å². The molecule has 3 aliphatic heterocycles. The number of Topliss-reactive ketones (excluding diaryl/α,β-unsaturated/α-hetero) is 1. The van der Waals surface area contributed by atoms with Crippen LogP contribution in [0.25, 0.3) is 6.08 Å². The van der Waals surface area contributed by atoms with Gasteiger partial charge in [-0.25, -0.2) is 4.90 Å². The van der Waals surface area contributed by atoms with Gasteiger partial charge in [0.2, 0.25) is 11.8 Å². The number of non-ortho nitro benzene ring substituents is 1. The molecular weight excluding hydrogens is 458 g/mol. The van der Waals surface area contributed by atoms with Gasteiger partial charge in [-0.3, -0.25) is 24.5 Å². The van der Waals surface area contributed by atoms with E-state index in [-0.39, 0.29) is 17.2 Å². The van der Waals surface area contributed by atoms with Crippen LogP contribution in [-0.2, 0) is 9.59 Å². The topological polar surface area (TPSA) is 101 Å². The van der Waals surface area contributed by atoms with Crippen molar-refractivity contribution in [2.24, 2.45) is 11.8 Å². The molecule has 0 N–H and O–H groups in total. The lowest BCUT2D eigenvalue weighted by molar-refractivity contribution is -0.384. The van der Waals surface area contributed by atoms with Crippen LogP contribution in [0.2, 0.25) is 0 Å². The summed E-state index contributed by atoms with van der Waals surface area (Å²) in [5.74, 6) is -2.92. The molecule has 3 heterocycles. The molecule has 2 fully saturated rings. The minimum Gasteiger partial charge on any atom is -0.352 e. The van der Waals surface area contributed by atoms with E-state index in [2.05, 4.69) is 0 Å². The number of para-hydroxylation sites is 1. The van der Waals surface area contributed by atoms with E-state index < -0.39 is 40.7 Å². The summed E-state index contributed by atoms with van der Waals surface area (Å²) in [4.78, 5) is 55.6. The number of fused-ring (bicyclic) bond motifs is 5. The lowest BCUT2D eigenvalue weighted by Gasteiger charge is -2.36. The summed E-state index contributed by atoms with van der Waals surface area (Å²) in [6.07, 6.45) is 3.80.